The molecule has 3 amide bonds. The van der Waals surface area contributed by atoms with Crippen LogP contribution in [-0.4, -0.2) is 52.3 Å². The zero-order chi connectivity index (χ0) is 22.0. The van der Waals surface area contributed by atoms with Crippen molar-refractivity contribution in [1.29, 1.82) is 0 Å². The Morgan fingerprint density at radius 2 is 2.13 bits per heavy atom. The van der Waals surface area contributed by atoms with Gasteiger partial charge in [0.25, 0.3) is 11.1 Å². The second-order valence-corrected chi connectivity index (χ2v) is 9.35. The standard InChI is InChI=1S/C23H27N3O4S/c1-15(2)12-26-22(28)20(31-23(26)29)10-16-13-25(19-8-4-3-7-18(16)19)14-21(27)24-11-17-6-5-9-30-17/h3-4,7-8,10,13,15,17H,5-6,9,11-12,14H2,1-2H3,(H,24,27)/b20-10-/t17-/m0/s1. The number of carbonyl (C=O) groups is 3. The Bertz CT molecular complexity index is 1040. The van der Waals surface area contributed by atoms with E-state index in [9.17, 15) is 14.4 Å². The van der Waals surface area contributed by atoms with E-state index in [0.717, 1.165) is 47.7 Å². The molecule has 0 bridgehead atoms. The highest BCUT2D eigenvalue weighted by Crippen LogP contribution is 2.34. The lowest BCUT2D eigenvalue weighted by molar-refractivity contribution is -0.123. The highest BCUT2D eigenvalue weighted by Gasteiger charge is 2.35. The quantitative estimate of drug-likeness (QED) is 0.664. The molecule has 1 aromatic carbocycles. The summed E-state index contributed by atoms with van der Waals surface area (Å²) >= 11 is 0.969. The minimum atomic E-state index is -0.255. The molecule has 1 aromatic heterocycles. The summed E-state index contributed by atoms with van der Waals surface area (Å²) in [4.78, 5) is 39.2. The van der Waals surface area contributed by atoms with Gasteiger partial charge in [0, 0.05) is 42.4 Å². The monoisotopic (exact) mass is 441 g/mol. The number of hydrogen-bond acceptors (Lipinski definition) is 5. The molecule has 7 nitrogen and oxygen atoms in total. The zero-order valence-corrected chi connectivity index (χ0v) is 18.6. The third-order valence-electron chi connectivity index (χ3n) is 5.39. The van der Waals surface area contributed by atoms with Crippen LogP contribution < -0.4 is 5.32 Å². The maximum Gasteiger partial charge on any atom is 0.293 e. The van der Waals surface area contributed by atoms with E-state index in [2.05, 4.69) is 5.32 Å². The fourth-order valence-electron chi connectivity index (χ4n) is 3.93. The number of amides is 3. The summed E-state index contributed by atoms with van der Waals surface area (Å²) in [6, 6.07) is 7.75. The average Bonchev–Trinajstić information content (AvgIpc) is 3.43. The Balaban J connectivity index is 1.54. The minimum Gasteiger partial charge on any atom is -0.376 e. The molecule has 2 saturated heterocycles. The first-order valence-corrected chi connectivity index (χ1v) is 11.5. The van der Waals surface area contributed by atoms with Gasteiger partial charge in [0.1, 0.15) is 6.54 Å². The number of ether oxygens (including phenoxy) is 1. The summed E-state index contributed by atoms with van der Waals surface area (Å²) in [5.74, 6) is -0.127. The van der Waals surface area contributed by atoms with E-state index in [1.54, 1.807) is 6.08 Å². The summed E-state index contributed by atoms with van der Waals surface area (Å²) < 4.78 is 7.44. The number of nitrogens with one attached hydrogen (secondary N) is 1. The lowest BCUT2D eigenvalue weighted by Crippen LogP contribution is -2.34. The van der Waals surface area contributed by atoms with E-state index in [1.165, 1.54) is 4.90 Å². The maximum atomic E-state index is 12.7. The molecule has 0 spiro atoms. The molecule has 8 heteroatoms. The number of fused-ring (bicyclic) bond motifs is 1. The number of thioether (sulfide) groups is 1. The number of benzene rings is 1. The molecule has 2 aliphatic rings. The predicted octanol–water partition coefficient (Wildman–Crippen LogP) is 3.63. The van der Waals surface area contributed by atoms with Crippen LogP contribution in [0.2, 0.25) is 0 Å². The largest absolute Gasteiger partial charge is 0.376 e. The molecule has 2 aliphatic heterocycles. The van der Waals surface area contributed by atoms with Gasteiger partial charge in [0.15, 0.2) is 0 Å². The maximum absolute atomic E-state index is 12.7. The van der Waals surface area contributed by atoms with Gasteiger partial charge < -0.3 is 14.6 Å². The van der Waals surface area contributed by atoms with Crippen molar-refractivity contribution < 1.29 is 19.1 Å². The van der Waals surface area contributed by atoms with Gasteiger partial charge in [-0.15, -0.1) is 0 Å². The second-order valence-electron chi connectivity index (χ2n) is 8.35. The second kappa shape index (κ2) is 9.28. The summed E-state index contributed by atoms with van der Waals surface area (Å²) in [7, 11) is 0. The van der Waals surface area contributed by atoms with Crippen LogP contribution in [-0.2, 0) is 20.9 Å². The smallest absolute Gasteiger partial charge is 0.293 e. The fraction of sp³-hybridized carbons (Fsp3) is 0.435. The van der Waals surface area contributed by atoms with E-state index >= 15 is 0 Å². The van der Waals surface area contributed by atoms with Gasteiger partial charge in [0.2, 0.25) is 5.91 Å². The van der Waals surface area contributed by atoms with Crippen molar-refractivity contribution in [2.24, 2.45) is 5.92 Å². The van der Waals surface area contributed by atoms with Crippen molar-refractivity contribution in [3.63, 3.8) is 0 Å². The minimum absolute atomic E-state index is 0.0833. The Labute approximate surface area is 185 Å². The highest BCUT2D eigenvalue weighted by atomic mass is 32.2. The molecule has 1 atom stereocenters. The molecule has 31 heavy (non-hydrogen) atoms. The molecular weight excluding hydrogens is 414 g/mol. The molecule has 0 radical (unpaired) electrons. The van der Waals surface area contributed by atoms with Crippen LogP contribution in [0, 0.1) is 5.92 Å². The van der Waals surface area contributed by atoms with E-state index in [0.29, 0.717) is 18.0 Å². The molecule has 0 aliphatic carbocycles. The molecule has 0 saturated carbocycles. The summed E-state index contributed by atoms with van der Waals surface area (Å²) in [5.41, 5.74) is 1.72. The first kappa shape index (κ1) is 21.6. The zero-order valence-electron chi connectivity index (χ0n) is 17.8. The molecule has 164 valence electrons. The average molecular weight is 442 g/mol. The van der Waals surface area contributed by atoms with Crippen LogP contribution in [0.15, 0.2) is 35.4 Å². The van der Waals surface area contributed by atoms with E-state index in [-0.39, 0.29) is 35.6 Å². The highest BCUT2D eigenvalue weighted by molar-refractivity contribution is 8.18. The van der Waals surface area contributed by atoms with Crippen molar-refractivity contribution in [2.45, 2.75) is 39.3 Å². The van der Waals surface area contributed by atoms with Crippen LogP contribution in [0.25, 0.3) is 17.0 Å². The van der Waals surface area contributed by atoms with Gasteiger partial charge in [-0.1, -0.05) is 32.0 Å². The van der Waals surface area contributed by atoms with Gasteiger partial charge in [-0.3, -0.25) is 19.3 Å². The van der Waals surface area contributed by atoms with Crippen LogP contribution in [0.3, 0.4) is 0 Å². The Morgan fingerprint density at radius 3 is 2.87 bits per heavy atom. The van der Waals surface area contributed by atoms with Crippen LogP contribution >= 0.6 is 11.8 Å². The summed E-state index contributed by atoms with van der Waals surface area (Å²) in [6.07, 6.45) is 5.74. The van der Waals surface area contributed by atoms with E-state index in [1.807, 2.05) is 48.9 Å². The number of carbonyl (C=O) groups excluding carboxylic acids is 3. The predicted molar refractivity (Wildman–Crippen MR) is 121 cm³/mol. The van der Waals surface area contributed by atoms with Crippen molar-refractivity contribution in [3.05, 3.63) is 40.9 Å². The van der Waals surface area contributed by atoms with Gasteiger partial charge >= 0.3 is 0 Å². The Kier molecular flexibility index (Phi) is 6.48. The number of rotatable bonds is 7. The normalized spacial score (nSPS) is 20.5. The van der Waals surface area contributed by atoms with Gasteiger partial charge in [-0.2, -0.15) is 0 Å². The van der Waals surface area contributed by atoms with Crippen molar-refractivity contribution in [1.82, 2.24) is 14.8 Å². The van der Waals surface area contributed by atoms with Crippen LogP contribution in [0.1, 0.15) is 32.3 Å². The molecule has 2 fully saturated rings. The Morgan fingerprint density at radius 1 is 1.32 bits per heavy atom. The van der Waals surface area contributed by atoms with Gasteiger partial charge in [-0.05, 0) is 42.7 Å². The number of hydrogen-bond donors (Lipinski definition) is 1. The van der Waals surface area contributed by atoms with Crippen molar-refractivity contribution in [2.75, 3.05) is 19.7 Å². The molecule has 1 N–H and O–H groups in total. The molecule has 3 heterocycles. The van der Waals surface area contributed by atoms with Crippen LogP contribution in [0.5, 0.6) is 0 Å². The molecule has 2 aromatic rings. The lowest BCUT2D eigenvalue weighted by atomic mass is 10.1. The number of para-hydroxylation sites is 1. The fourth-order valence-corrected chi connectivity index (χ4v) is 4.77. The first-order valence-electron chi connectivity index (χ1n) is 10.6. The van der Waals surface area contributed by atoms with Crippen LogP contribution in [0.4, 0.5) is 4.79 Å². The Hall–Kier alpha value is -2.58. The topological polar surface area (TPSA) is 80.6 Å². The summed E-state index contributed by atoms with van der Waals surface area (Å²) in [5, 5.41) is 3.65. The first-order chi connectivity index (χ1) is 14.9. The van der Waals surface area contributed by atoms with Crippen molar-refractivity contribution >= 4 is 45.8 Å². The number of aromatic nitrogens is 1. The molecule has 4 rings (SSSR count). The van der Waals surface area contributed by atoms with Crippen molar-refractivity contribution in [3.8, 4) is 0 Å². The van der Waals surface area contributed by atoms with E-state index in [4.69, 9.17) is 4.74 Å². The number of imide groups is 1. The third kappa shape index (κ3) is 4.85. The van der Waals surface area contributed by atoms with Gasteiger partial charge in [-0.25, -0.2) is 0 Å². The number of nitrogens with zero attached hydrogens (tertiary/aromatic N) is 2. The molecular formula is C23H27N3O4S. The third-order valence-corrected chi connectivity index (χ3v) is 6.30. The SMILES string of the molecule is CC(C)CN1C(=O)S/C(=C\c2cn(CC(=O)NC[C@@H]3CCCO3)c3ccccc23)C1=O. The van der Waals surface area contributed by atoms with Gasteiger partial charge in [0.05, 0.1) is 11.0 Å². The summed E-state index contributed by atoms with van der Waals surface area (Å²) in [6.45, 7) is 5.82. The molecule has 0 unspecified atom stereocenters. The lowest BCUT2D eigenvalue weighted by Gasteiger charge is -2.14. The van der Waals surface area contributed by atoms with E-state index < -0.39 is 0 Å².